The van der Waals surface area contributed by atoms with Crippen LogP contribution < -0.4 is 0 Å². The molecule has 9 heteroatoms. The van der Waals surface area contributed by atoms with Gasteiger partial charge in [0.25, 0.3) is 0 Å². The topological polar surface area (TPSA) is 74.2 Å². The Balaban J connectivity index is 3.26. The molecule has 1 N–H and O–H groups in total. The molecular weight excluding hydrogens is 469 g/mol. The fraction of sp³-hybridized carbons (Fsp3) is 0.958. The minimum absolute atomic E-state index is 0.0179. The van der Waals surface area contributed by atoms with Crippen molar-refractivity contribution in [2.45, 2.75) is 141 Å². The van der Waals surface area contributed by atoms with Crippen molar-refractivity contribution in [1.29, 1.82) is 0 Å². The van der Waals surface area contributed by atoms with Gasteiger partial charge in [-0.2, -0.15) is 0 Å². The second kappa shape index (κ2) is 9.78. The first-order valence-electron chi connectivity index (χ1n) is 12.2. The van der Waals surface area contributed by atoms with Gasteiger partial charge in [-0.25, -0.2) is 4.79 Å². The first kappa shape index (κ1) is 31.0. The van der Waals surface area contributed by atoms with E-state index in [1.165, 1.54) is 0 Å². The third-order valence-corrected chi connectivity index (χ3v) is 21.8. The predicted molar refractivity (Wildman–Crippen MR) is 143 cm³/mol. The smallest absolute Gasteiger partial charge is 0.337 e. The highest BCUT2D eigenvalue weighted by atomic mass is 28.4. The molecule has 0 spiro atoms. The summed E-state index contributed by atoms with van der Waals surface area (Å²) < 4.78 is 25.3. The zero-order valence-corrected chi connectivity index (χ0v) is 27.0. The quantitative estimate of drug-likeness (QED) is 0.309. The largest absolute Gasteiger partial charge is 0.455 e. The van der Waals surface area contributed by atoms with Crippen LogP contribution in [0.5, 0.6) is 0 Å². The number of aliphatic hydroxyl groups is 1. The van der Waals surface area contributed by atoms with Gasteiger partial charge < -0.3 is 23.1 Å². The van der Waals surface area contributed by atoms with E-state index in [1.54, 1.807) is 0 Å². The molecule has 1 heterocycles. The van der Waals surface area contributed by atoms with Gasteiger partial charge in [0.1, 0.15) is 12.2 Å². The Bertz CT molecular complexity index is 686. The van der Waals surface area contributed by atoms with Gasteiger partial charge in [0, 0.05) is 0 Å². The summed E-state index contributed by atoms with van der Waals surface area (Å²) in [4.78, 5) is 13.1. The molecular formula is C24H52O6Si3. The summed E-state index contributed by atoms with van der Waals surface area (Å²) in [5.74, 6) is -0.445. The molecule has 1 aliphatic heterocycles. The van der Waals surface area contributed by atoms with E-state index in [0.29, 0.717) is 0 Å². The molecule has 196 valence electrons. The van der Waals surface area contributed by atoms with Crippen LogP contribution >= 0.6 is 0 Å². The first-order valence-corrected chi connectivity index (χ1v) is 20.9. The summed E-state index contributed by atoms with van der Waals surface area (Å²) in [5, 5.41) is 11.0. The molecule has 1 aliphatic rings. The number of esters is 1. The van der Waals surface area contributed by atoms with Gasteiger partial charge in [0.15, 0.2) is 37.2 Å². The Kier molecular flexibility index (Phi) is 9.19. The number of ether oxygens (including phenoxy) is 1. The third kappa shape index (κ3) is 7.24. The van der Waals surface area contributed by atoms with E-state index >= 15 is 0 Å². The van der Waals surface area contributed by atoms with Crippen molar-refractivity contribution < 1.29 is 27.9 Å². The Morgan fingerprint density at radius 3 is 1.58 bits per heavy atom. The van der Waals surface area contributed by atoms with Gasteiger partial charge in [-0.05, 0) is 54.4 Å². The van der Waals surface area contributed by atoms with Gasteiger partial charge >= 0.3 is 5.97 Å². The molecule has 0 bridgehead atoms. The minimum Gasteiger partial charge on any atom is -0.455 e. The molecule has 4 atom stereocenters. The van der Waals surface area contributed by atoms with Crippen molar-refractivity contribution in [2.24, 2.45) is 0 Å². The molecule has 0 unspecified atom stereocenters. The summed E-state index contributed by atoms with van der Waals surface area (Å²) in [5.41, 5.74) is 0. The maximum atomic E-state index is 13.1. The van der Waals surface area contributed by atoms with Crippen LogP contribution in [0.1, 0.15) is 62.3 Å². The van der Waals surface area contributed by atoms with E-state index in [0.717, 1.165) is 0 Å². The van der Waals surface area contributed by atoms with E-state index in [-0.39, 0.29) is 21.7 Å². The Labute approximate surface area is 206 Å². The highest BCUT2D eigenvalue weighted by molar-refractivity contribution is 6.75. The molecule has 0 aliphatic carbocycles. The molecule has 33 heavy (non-hydrogen) atoms. The van der Waals surface area contributed by atoms with E-state index in [9.17, 15) is 9.90 Å². The van der Waals surface area contributed by atoms with Crippen molar-refractivity contribution in [3.8, 4) is 0 Å². The summed E-state index contributed by atoms with van der Waals surface area (Å²) in [6, 6.07) is 0. The second-order valence-electron chi connectivity index (χ2n) is 14.2. The molecule has 1 fully saturated rings. The van der Waals surface area contributed by atoms with Crippen LogP contribution in [0.2, 0.25) is 54.4 Å². The second-order valence-corrected chi connectivity index (χ2v) is 28.5. The van der Waals surface area contributed by atoms with Crippen LogP contribution in [-0.2, 0) is 22.8 Å². The SMILES string of the molecule is CC(C)(C)[Si](C)(C)OC[C@@H](O)[C@@H]1OC(=O)[C@H](O[Si](C)(C)C(C)(C)C)[C@H]1O[Si](C)(C)C(C)(C)C. The van der Waals surface area contributed by atoms with E-state index in [2.05, 4.69) is 102 Å². The maximum absolute atomic E-state index is 13.1. The summed E-state index contributed by atoms with van der Waals surface area (Å²) in [7, 11) is -6.64. The molecule has 0 aromatic rings. The molecule has 0 radical (unpaired) electrons. The Morgan fingerprint density at radius 1 is 0.788 bits per heavy atom. The fourth-order valence-electron chi connectivity index (χ4n) is 2.73. The average Bonchev–Trinajstić information content (AvgIpc) is 2.85. The van der Waals surface area contributed by atoms with Gasteiger partial charge in [-0.3, -0.25) is 0 Å². The lowest BCUT2D eigenvalue weighted by atomic mass is 10.1. The van der Waals surface area contributed by atoms with Crippen molar-refractivity contribution in [1.82, 2.24) is 0 Å². The van der Waals surface area contributed by atoms with E-state index in [4.69, 9.17) is 18.0 Å². The number of carbonyl (C=O) groups is 1. The molecule has 0 aromatic heterocycles. The molecule has 0 aromatic carbocycles. The lowest BCUT2D eigenvalue weighted by molar-refractivity contribution is -0.150. The third-order valence-electron chi connectivity index (χ3n) is 8.37. The maximum Gasteiger partial charge on any atom is 0.337 e. The van der Waals surface area contributed by atoms with Crippen LogP contribution in [0.4, 0.5) is 0 Å². The number of aliphatic hydroxyl groups excluding tert-OH is 1. The summed E-state index contributed by atoms with van der Waals surface area (Å²) >= 11 is 0. The van der Waals surface area contributed by atoms with Gasteiger partial charge in [0.2, 0.25) is 0 Å². The lowest BCUT2D eigenvalue weighted by Crippen LogP contribution is -2.55. The van der Waals surface area contributed by atoms with Crippen LogP contribution in [-0.4, -0.2) is 67.1 Å². The van der Waals surface area contributed by atoms with Crippen LogP contribution in [0.3, 0.4) is 0 Å². The minimum atomic E-state index is -2.28. The highest BCUT2D eigenvalue weighted by Crippen LogP contribution is 2.43. The fourth-order valence-corrected chi connectivity index (χ4v) is 6.26. The Morgan fingerprint density at radius 2 is 1.18 bits per heavy atom. The van der Waals surface area contributed by atoms with Crippen molar-refractivity contribution in [3.05, 3.63) is 0 Å². The van der Waals surface area contributed by atoms with Gasteiger partial charge in [0.05, 0.1) is 6.61 Å². The molecule has 6 nitrogen and oxygen atoms in total. The van der Waals surface area contributed by atoms with Crippen LogP contribution in [0.25, 0.3) is 0 Å². The standard InChI is InChI=1S/C24H52O6Si3/c1-22(2,3)31(10,11)27-16-17(25)18-19(29-32(12,13)23(4,5)6)20(21(26)28-18)30-33(14,15)24(7,8)9/h17-20,25H,16H2,1-15H3/t17-,18+,19+,20-/m1/s1. The zero-order chi connectivity index (χ0) is 26.4. The summed E-state index contributed by atoms with van der Waals surface area (Å²) in [6.07, 6.45) is -3.30. The average molecular weight is 521 g/mol. The molecule has 0 saturated carbocycles. The highest BCUT2D eigenvalue weighted by Gasteiger charge is 2.56. The predicted octanol–water partition coefficient (Wildman–Crippen LogP) is 6.08. The van der Waals surface area contributed by atoms with E-state index in [1.807, 2.05) is 0 Å². The zero-order valence-electron chi connectivity index (χ0n) is 24.0. The summed E-state index contributed by atoms with van der Waals surface area (Å²) in [6.45, 7) is 32.3. The normalized spacial score (nSPS) is 24.7. The number of hydrogen-bond donors (Lipinski definition) is 1. The Hall–Kier alpha value is -0.0394. The molecule has 0 amide bonds. The monoisotopic (exact) mass is 520 g/mol. The molecule has 1 saturated heterocycles. The lowest BCUT2D eigenvalue weighted by Gasteiger charge is -2.43. The van der Waals surface area contributed by atoms with Crippen LogP contribution in [0.15, 0.2) is 0 Å². The first-order chi connectivity index (χ1) is 14.3. The number of rotatable bonds is 8. The van der Waals surface area contributed by atoms with Gasteiger partial charge in [-0.1, -0.05) is 62.3 Å². The number of hydrogen-bond acceptors (Lipinski definition) is 6. The van der Waals surface area contributed by atoms with Gasteiger partial charge in [-0.15, -0.1) is 0 Å². The molecule has 1 rings (SSSR count). The van der Waals surface area contributed by atoms with Crippen molar-refractivity contribution in [2.75, 3.05) is 6.61 Å². The number of carbonyl (C=O) groups excluding carboxylic acids is 1. The van der Waals surface area contributed by atoms with Crippen molar-refractivity contribution >= 4 is 30.9 Å². The number of cyclic esters (lactones) is 1. The van der Waals surface area contributed by atoms with Crippen LogP contribution in [0, 0.1) is 0 Å². The van der Waals surface area contributed by atoms with E-state index < -0.39 is 55.3 Å². The van der Waals surface area contributed by atoms with Crippen molar-refractivity contribution in [3.63, 3.8) is 0 Å².